The Morgan fingerprint density at radius 1 is 1.23 bits per heavy atom. The summed E-state index contributed by atoms with van der Waals surface area (Å²) in [6.45, 7) is 3.87. The molecule has 1 fully saturated rings. The molecule has 0 amide bonds. The monoisotopic (exact) mass is 424 g/mol. The second kappa shape index (κ2) is 7.91. The van der Waals surface area contributed by atoms with Crippen LogP contribution in [0.15, 0.2) is 30.3 Å². The van der Waals surface area contributed by atoms with E-state index in [1.54, 1.807) is 0 Å². The third-order valence-corrected chi connectivity index (χ3v) is 6.33. The minimum Gasteiger partial charge on any atom is -0.466 e. The molecule has 1 aliphatic heterocycles. The summed E-state index contributed by atoms with van der Waals surface area (Å²) in [7, 11) is 0. The number of piperidine rings is 1. The van der Waals surface area contributed by atoms with Gasteiger partial charge in [0.05, 0.1) is 18.2 Å². The summed E-state index contributed by atoms with van der Waals surface area (Å²) in [6, 6.07) is 9.76. The number of rotatable bonds is 4. The number of benzene rings is 1. The number of carbonyl (C=O) groups excluding carboxylic acids is 1. The lowest BCUT2D eigenvalue weighted by molar-refractivity contribution is -0.148. The first-order chi connectivity index (χ1) is 14.6. The lowest BCUT2D eigenvalue weighted by atomic mass is 9.97. The van der Waals surface area contributed by atoms with Crippen LogP contribution in [0.2, 0.25) is 5.02 Å². The van der Waals surface area contributed by atoms with E-state index in [1.165, 1.54) is 11.3 Å². The van der Waals surface area contributed by atoms with Crippen LogP contribution in [-0.2, 0) is 22.4 Å². The Labute approximate surface area is 180 Å². The lowest BCUT2D eigenvalue weighted by Crippen LogP contribution is -2.41. The molecule has 0 unspecified atom stereocenters. The van der Waals surface area contributed by atoms with E-state index >= 15 is 0 Å². The standard InChI is InChI=1S/C23H25ClN4O2/c1-2-30-23(29)16-5-4-12-27(14-16)22-18-6-3-7-19(18)25-21-13-20(26-28(21)22)15-8-10-17(24)11-9-15/h8-11,13,16H,2-7,12,14H2,1H3/t16-/m1/s1. The number of anilines is 1. The van der Waals surface area contributed by atoms with Gasteiger partial charge in [-0.25, -0.2) is 4.98 Å². The molecule has 0 saturated carbocycles. The first kappa shape index (κ1) is 19.4. The largest absolute Gasteiger partial charge is 0.466 e. The maximum Gasteiger partial charge on any atom is 0.310 e. The van der Waals surface area contributed by atoms with Gasteiger partial charge in [-0.1, -0.05) is 23.7 Å². The van der Waals surface area contributed by atoms with Gasteiger partial charge in [-0.2, -0.15) is 9.61 Å². The number of aromatic nitrogens is 3. The van der Waals surface area contributed by atoms with E-state index in [1.807, 2.05) is 41.8 Å². The first-order valence-corrected chi connectivity index (χ1v) is 11.1. The Balaban J connectivity index is 1.58. The number of hydrogen-bond acceptors (Lipinski definition) is 5. The Morgan fingerprint density at radius 2 is 2.07 bits per heavy atom. The predicted octanol–water partition coefficient (Wildman–Crippen LogP) is 4.32. The predicted molar refractivity (Wildman–Crippen MR) is 117 cm³/mol. The zero-order valence-corrected chi connectivity index (χ0v) is 17.9. The van der Waals surface area contributed by atoms with E-state index in [0.717, 1.165) is 61.4 Å². The number of ether oxygens (including phenoxy) is 1. The van der Waals surface area contributed by atoms with Crippen molar-refractivity contribution in [2.24, 2.45) is 5.92 Å². The number of carbonyl (C=O) groups is 1. The van der Waals surface area contributed by atoms with Gasteiger partial charge in [0.2, 0.25) is 0 Å². The Kier molecular flexibility index (Phi) is 5.11. The van der Waals surface area contributed by atoms with Gasteiger partial charge >= 0.3 is 5.97 Å². The number of halogens is 1. The molecule has 3 aromatic rings. The summed E-state index contributed by atoms with van der Waals surface area (Å²) in [4.78, 5) is 19.6. The molecule has 30 heavy (non-hydrogen) atoms. The van der Waals surface area contributed by atoms with Gasteiger partial charge in [-0.05, 0) is 51.2 Å². The summed E-state index contributed by atoms with van der Waals surface area (Å²) in [6.07, 6.45) is 4.95. The van der Waals surface area contributed by atoms with Crippen LogP contribution in [-0.4, -0.2) is 40.3 Å². The fourth-order valence-electron chi connectivity index (χ4n) is 4.67. The van der Waals surface area contributed by atoms with E-state index in [9.17, 15) is 4.79 Å². The van der Waals surface area contributed by atoms with Crippen LogP contribution >= 0.6 is 11.6 Å². The maximum absolute atomic E-state index is 12.4. The van der Waals surface area contributed by atoms with Crippen LogP contribution < -0.4 is 4.90 Å². The zero-order valence-electron chi connectivity index (χ0n) is 17.1. The third-order valence-electron chi connectivity index (χ3n) is 6.08. The second-order valence-corrected chi connectivity index (χ2v) is 8.49. The SMILES string of the molecule is CCOC(=O)[C@@H]1CCCN(c2c3c(nc4cc(-c5ccc(Cl)cc5)nn24)CCC3)C1. The van der Waals surface area contributed by atoms with E-state index in [4.69, 9.17) is 26.4 Å². The van der Waals surface area contributed by atoms with E-state index in [2.05, 4.69) is 4.90 Å². The Morgan fingerprint density at radius 3 is 2.87 bits per heavy atom. The van der Waals surface area contributed by atoms with E-state index in [-0.39, 0.29) is 11.9 Å². The number of nitrogens with zero attached hydrogens (tertiary/aromatic N) is 4. The van der Waals surface area contributed by atoms with Crippen molar-refractivity contribution < 1.29 is 9.53 Å². The highest BCUT2D eigenvalue weighted by molar-refractivity contribution is 6.30. The molecule has 2 aliphatic rings. The third kappa shape index (κ3) is 3.43. The summed E-state index contributed by atoms with van der Waals surface area (Å²) in [5.41, 5.74) is 5.19. The molecule has 1 aromatic carbocycles. The quantitative estimate of drug-likeness (QED) is 0.584. The summed E-state index contributed by atoms with van der Waals surface area (Å²) >= 11 is 6.05. The van der Waals surface area contributed by atoms with Crippen LogP contribution in [0.25, 0.3) is 16.9 Å². The van der Waals surface area contributed by atoms with Gasteiger partial charge in [-0.15, -0.1) is 0 Å². The number of esters is 1. The molecule has 0 radical (unpaired) electrons. The van der Waals surface area contributed by atoms with Crippen molar-refractivity contribution in [2.45, 2.75) is 39.0 Å². The molecule has 0 N–H and O–H groups in total. The normalized spacial score (nSPS) is 18.6. The highest BCUT2D eigenvalue weighted by Gasteiger charge is 2.31. The van der Waals surface area contributed by atoms with Gasteiger partial charge in [0.15, 0.2) is 5.65 Å². The Hall–Kier alpha value is -2.60. The smallest absolute Gasteiger partial charge is 0.310 e. The van der Waals surface area contributed by atoms with Crippen LogP contribution in [0.3, 0.4) is 0 Å². The van der Waals surface area contributed by atoms with Crippen LogP contribution in [0.1, 0.15) is 37.4 Å². The van der Waals surface area contributed by atoms with Crippen LogP contribution in [0.5, 0.6) is 0 Å². The zero-order chi connectivity index (χ0) is 20.7. The fraction of sp³-hybridized carbons (Fsp3) is 0.435. The molecule has 6 nitrogen and oxygen atoms in total. The fourth-order valence-corrected chi connectivity index (χ4v) is 4.80. The van der Waals surface area contributed by atoms with Gasteiger partial charge in [0.1, 0.15) is 5.82 Å². The minimum atomic E-state index is -0.0923. The van der Waals surface area contributed by atoms with Crippen molar-refractivity contribution >= 4 is 29.0 Å². The van der Waals surface area contributed by atoms with Crippen molar-refractivity contribution in [2.75, 3.05) is 24.6 Å². The number of hydrogen-bond donors (Lipinski definition) is 0. The van der Waals surface area contributed by atoms with Gasteiger partial charge in [0, 0.05) is 41.0 Å². The van der Waals surface area contributed by atoms with Crippen LogP contribution in [0, 0.1) is 5.92 Å². The summed E-state index contributed by atoms with van der Waals surface area (Å²) < 4.78 is 7.28. The lowest BCUT2D eigenvalue weighted by Gasteiger charge is -2.34. The second-order valence-electron chi connectivity index (χ2n) is 8.06. The molecule has 5 rings (SSSR count). The molecular formula is C23H25ClN4O2. The molecule has 0 bridgehead atoms. The average Bonchev–Trinajstić information content (AvgIpc) is 3.39. The van der Waals surface area contributed by atoms with Crippen molar-refractivity contribution in [3.8, 4) is 11.3 Å². The molecule has 1 aliphatic carbocycles. The van der Waals surface area contributed by atoms with Gasteiger partial charge in [-0.3, -0.25) is 4.79 Å². The topological polar surface area (TPSA) is 59.7 Å². The molecule has 0 spiro atoms. The summed E-state index contributed by atoms with van der Waals surface area (Å²) in [5, 5.41) is 5.63. The minimum absolute atomic E-state index is 0.0912. The van der Waals surface area contributed by atoms with Crippen molar-refractivity contribution in [1.29, 1.82) is 0 Å². The summed E-state index contributed by atoms with van der Waals surface area (Å²) in [5.74, 6) is 0.915. The number of fused-ring (bicyclic) bond motifs is 2. The van der Waals surface area contributed by atoms with Gasteiger partial charge in [0.25, 0.3) is 0 Å². The van der Waals surface area contributed by atoms with E-state index < -0.39 is 0 Å². The first-order valence-electron chi connectivity index (χ1n) is 10.7. The molecule has 1 saturated heterocycles. The molecule has 3 heterocycles. The molecular weight excluding hydrogens is 400 g/mol. The van der Waals surface area contributed by atoms with Crippen molar-refractivity contribution in [3.05, 3.63) is 46.6 Å². The molecule has 2 aromatic heterocycles. The van der Waals surface area contributed by atoms with E-state index in [0.29, 0.717) is 18.2 Å². The highest BCUT2D eigenvalue weighted by Crippen LogP contribution is 2.35. The number of aryl methyl sites for hydroxylation is 1. The highest BCUT2D eigenvalue weighted by atomic mass is 35.5. The Bertz CT molecular complexity index is 1090. The molecule has 1 atom stereocenters. The van der Waals surface area contributed by atoms with Crippen LogP contribution in [0.4, 0.5) is 5.82 Å². The molecule has 7 heteroatoms. The molecule has 156 valence electrons. The average molecular weight is 425 g/mol. The van der Waals surface area contributed by atoms with Crippen molar-refractivity contribution in [3.63, 3.8) is 0 Å². The van der Waals surface area contributed by atoms with Crippen molar-refractivity contribution in [1.82, 2.24) is 14.6 Å². The van der Waals surface area contributed by atoms with Gasteiger partial charge < -0.3 is 9.64 Å². The maximum atomic E-state index is 12.4.